The first kappa shape index (κ1) is 16.8. The molecule has 0 amide bonds. The molecule has 1 aromatic carbocycles. The van der Waals surface area contributed by atoms with Gasteiger partial charge in [-0.3, -0.25) is 0 Å². The van der Waals surface area contributed by atoms with Crippen LogP contribution < -0.4 is 10.1 Å². The van der Waals surface area contributed by atoms with E-state index in [0.29, 0.717) is 11.3 Å². The number of nitrogens with one attached hydrogen (secondary N) is 1. The Kier molecular flexibility index (Phi) is 6.13. The molecule has 1 heterocycles. The number of ether oxygens (including phenoxy) is 1. The minimum Gasteiger partial charge on any atom is -0.406 e. The van der Waals surface area contributed by atoms with Crippen molar-refractivity contribution in [3.63, 3.8) is 0 Å². The van der Waals surface area contributed by atoms with E-state index in [1.165, 1.54) is 17.9 Å². The predicted molar refractivity (Wildman–Crippen MR) is 83.2 cm³/mol. The number of hydrogen-bond donors (Lipinski definition) is 1. The van der Waals surface area contributed by atoms with E-state index in [1.807, 2.05) is 30.6 Å². The smallest absolute Gasteiger partial charge is 0.406 e. The highest BCUT2D eigenvalue weighted by Gasteiger charge is 2.31. The van der Waals surface area contributed by atoms with Crippen LogP contribution in [0.5, 0.6) is 5.75 Å². The van der Waals surface area contributed by atoms with Crippen LogP contribution in [0.15, 0.2) is 24.3 Å². The highest BCUT2D eigenvalue weighted by molar-refractivity contribution is 8.06. The summed E-state index contributed by atoms with van der Waals surface area (Å²) in [5, 5.41) is 3.87. The molecule has 0 saturated carbocycles. The number of likely N-dealkylation sites (N-methyl/N-ethyl adjacent to an activating group) is 1. The second-order valence-electron chi connectivity index (χ2n) is 4.78. The van der Waals surface area contributed by atoms with Crippen LogP contribution in [0.25, 0.3) is 0 Å². The second kappa shape index (κ2) is 7.65. The van der Waals surface area contributed by atoms with E-state index in [0.717, 1.165) is 23.5 Å². The number of alkyl halides is 3. The third kappa shape index (κ3) is 5.64. The normalized spacial score (nSPS) is 21.0. The molecule has 1 aliphatic rings. The number of halogens is 3. The molecule has 1 N–H and O–H groups in total. The van der Waals surface area contributed by atoms with E-state index in [4.69, 9.17) is 0 Å². The zero-order chi connectivity index (χ0) is 15.3. The Balaban J connectivity index is 1.94. The summed E-state index contributed by atoms with van der Waals surface area (Å²) in [5.74, 6) is 3.30. The van der Waals surface area contributed by atoms with E-state index in [9.17, 15) is 13.2 Å². The Hall–Kier alpha value is -0.530. The molecular weight excluding hydrogens is 319 g/mol. The van der Waals surface area contributed by atoms with Crippen LogP contribution in [0.2, 0.25) is 0 Å². The summed E-state index contributed by atoms with van der Waals surface area (Å²) >= 11 is 3.93. The van der Waals surface area contributed by atoms with Gasteiger partial charge in [0, 0.05) is 28.6 Å². The summed E-state index contributed by atoms with van der Waals surface area (Å²) in [5.41, 5.74) is 1.01. The number of thioether (sulfide) groups is 2. The molecule has 118 valence electrons. The quantitative estimate of drug-likeness (QED) is 0.886. The molecule has 1 aliphatic heterocycles. The number of hydrogen-bond acceptors (Lipinski definition) is 4. The largest absolute Gasteiger partial charge is 0.573 e. The number of benzene rings is 1. The fraction of sp³-hybridized carbons (Fsp3) is 0.571. The third-order valence-corrected chi connectivity index (χ3v) is 6.19. The predicted octanol–water partition coefficient (Wildman–Crippen LogP) is 3.56. The first-order valence-corrected chi connectivity index (χ1v) is 8.89. The molecule has 1 fully saturated rings. The zero-order valence-electron chi connectivity index (χ0n) is 11.7. The molecule has 7 heteroatoms. The van der Waals surface area contributed by atoms with E-state index in [-0.39, 0.29) is 5.75 Å². The maximum Gasteiger partial charge on any atom is 0.573 e. The zero-order valence-corrected chi connectivity index (χ0v) is 13.3. The van der Waals surface area contributed by atoms with Crippen molar-refractivity contribution in [3.05, 3.63) is 29.8 Å². The highest BCUT2D eigenvalue weighted by atomic mass is 32.2. The monoisotopic (exact) mass is 337 g/mol. The Labute approximate surface area is 131 Å². The van der Waals surface area contributed by atoms with Crippen LogP contribution in [-0.2, 0) is 6.42 Å². The molecule has 0 bridgehead atoms. The molecule has 2 unspecified atom stereocenters. The van der Waals surface area contributed by atoms with Crippen LogP contribution in [0.4, 0.5) is 13.2 Å². The lowest BCUT2D eigenvalue weighted by Gasteiger charge is -2.29. The summed E-state index contributed by atoms with van der Waals surface area (Å²) < 4.78 is 40.2. The summed E-state index contributed by atoms with van der Waals surface area (Å²) in [6, 6.07) is 6.48. The second-order valence-corrected chi connectivity index (χ2v) is 7.27. The van der Waals surface area contributed by atoms with E-state index in [2.05, 4.69) is 10.1 Å². The molecule has 2 atom stereocenters. The Bertz CT molecular complexity index is 433. The lowest BCUT2D eigenvalue weighted by Crippen LogP contribution is -2.40. The standard InChI is InChI=1S/C14H18F3NOS2/c1-18-12(13-9-20-6-7-21-13)8-10-2-4-11(5-3-10)19-14(15,16)17/h2-5,12-13,18H,6-9H2,1H3. The summed E-state index contributed by atoms with van der Waals surface area (Å²) in [4.78, 5) is 0. The number of rotatable bonds is 5. The van der Waals surface area contributed by atoms with Crippen molar-refractivity contribution in [1.82, 2.24) is 5.32 Å². The molecule has 0 aliphatic carbocycles. The van der Waals surface area contributed by atoms with Crippen LogP contribution in [0.3, 0.4) is 0 Å². The van der Waals surface area contributed by atoms with Crippen molar-refractivity contribution in [1.29, 1.82) is 0 Å². The van der Waals surface area contributed by atoms with Crippen LogP contribution in [0.1, 0.15) is 5.56 Å². The van der Waals surface area contributed by atoms with Crippen molar-refractivity contribution >= 4 is 23.5 Å². The van der Waals surface area contributed by atoms with Gasteiger partial charge in [0.05, 0.1) is 0 Å². The topological polar surface area (TPSA) is 21.3 Å². The maximum absolute atomic E-state index is 12.1. The Morgan fingerprint density at radius 2 is 2.00 bits per heavy atom. The highest BCUT2D eigenvalue weighted by Crippen LogP contribution is 2.28. The lowest BCUT2D eigenvalue weighted by molar-refractivity contribution is -0.274. The molecule has 2 rings (SSSR count). The average molecular weight is 337 g/mol. The maximum atomic E-state index is 12.1. The average Bonchev–Trinajstić information content (AvgIpc) is 2.46. The fourth-order valence-corrected chi connectivity index (χ4v) is 5.17. The lowest BCUT2D eigenvalue weighted by atomic mass is 10.0. The van der Waals surface area contributed by atoms with E-state index < -0.39 is 6.36 Å². The van der Waals surface area contributed by atoms with Crippen molar-refractivity contribution in [2.45, 2.75) is 24.1 Å². The van der Waals surface area contributed by atoms with Gasteiger partial charge in [-0.2, -0.15) is 23.5 Å². The van der Waals surface area contributed by atoms with Crippen LogP contribution in [0, 0.1) is 0 Å². The van der Waals surface area contributed by atoms with Gasteiger partial charge in [-0.05, 0) is 31.2 Å². The van der Waals surface area contributed by atoms with Crippen LogP contribution >= 0.6 is 23.5 Å². The molecule has 1 aromatic rings. The van der Waals surface area contributed by atoms with Crippen molar-refractivity contribution in [3.8, 4) is 5.75 Å². The minimum absolute atomic E-state index is 0.171. The van der Waals surface area contributed by atoms with Crippen LogP contribution in [-0.4, -0.2) is 42.0 Å². The van der Waals surface area contributed by atoms with Gasteiger partial charge in [-0.25, -0.2) is 0 Å². The van der Waals surface area contributed by atoms with Gasteiger partial charge in [0.1, 0.15) is 5.75 Å². The Morgan fingerprint density at radius 3 is 2.52 bits per heavy atom. The molecule has 0 aromatic heterocycles. The first-order chi connectivity index (χ1) is 9.98. The van der Waals surface area contributed by atoms with Gasteiger partial charge in [0.15, 0.2) is 0 Å². The summed E-state index contributed by atoms with van der Waals surface area (Å²) in [6.45, 7) is 0. The Morgan fingerprint density at radius 1 is 1.29 bits per heavy atom. The molecular formula is C14H18F3NOS2. The molecule has 1 saturated heterocycles. The van der Waals surface area contributed by atoms with Gasteiger partial charge in [0.25, 0.3) is 0 Å². The fourth-order valence-electron chi connectivity index (χ4n) is 2.24. The molecule has 21 heavy (non-hydrogen) atoms. The van der Waals surface area contributed by atoms with E-state index in [1.54, 1.807) is 12.1 Å². The third-order valence-electron chi connectivity index (χ3n) is 3.27. The minimum atomic E-state index is -4.63. The van der Waals surface area contributed by atoms with Crippen molar-refractivity contribution < 1.29 is 17.9 Å². The van der Waals surface area contributed by atoms with Gasteiger partial charge < -0.3 is 10.1 Å². The molecule has 2 nitrogen and oxygen atoms in total. The summed E-state index contributed by atoms with van der Waals surface area (Å²) in [6.07, 6.45) is -3.83. The molecule has 0 spiro atoms. The molecule has 0 radical (unpaired) electrons. The first-order valence-electron chi connectivity index (χ1n) is 6.69. The SMILES string of the molecule is CNC(Cc1ccc(OC(F)(F)F)cc1)C1CSCCS1. The summed E-state index contributed by atoms with van der Waals surface area (Å²) in [7, 11) is 1.94. The van der Waals surface area contributed by atoms with Gasteiger partial charge in [0.2, 0.25) is 0 Å². The van der Waals surface area contributed by atoms with Gasteiger partial charge in [-0.15, -0.1) is 13.2 Å². The van der Waals surface area contributed by atoms with Gasteiger partial charge in [-0.1, -0.05) is 12.1 Å². The van der Waals surface area contributed by atoms with E-state index >= 15 is 0 Å². The van der Waals surface area contributed by atoms with Crippen molar-refractivity contribution in [2.24, 2.45) is 0 Å². The van der Waals surface area contributed by atoms with Crippen molar-refractivity contribution in [2.75, 3.05) is 24.3 Å². The van der Waals surface area contributed by atoms with Gasteiger partial charge >= 0.3 is 6.36 Å².